The Hall–Kier alpha value is -5.64. The van der Waals surface area contributed by atoms with Gasteiger partial charge in [0.2, 0.25) is 0 Å². The van der Waals surface area contributed by atoms with Crippen LogP contribution in [0.1, 0.15) is 0 Å². The van der Waals surface area contributed by atoms with E-state index in [-0.39, 0.29) is 0 Å². The van der Waals surface area contributed by atoms with Crippen LogP contribution in [0, 0.1) is 0 Å². The third kappa shape index (κ3) is 3.62. The monoisotopic (exact) mass is 590 g/mol. The third-order valence-corrected chi connectivity index (χ3v) is 10.4. The fourth-order valence-corrected chi connectivity index (χ4v) is 8.41. The van der Waals surface area contributed by atoms with Gasteiger partial charge in [-0.1, -0.05) is 97.1 Å². The Bertz CT molecular complexity index is 2740. The van der Waals surface area contributed by atoms with Gasteiger partial charge in [0.05, 0.1) is 22.1 Å². The van der Waals surface area contributed by atoms with E-state index in [1.165, 1.54) is 80.6 Å². The summed E-state index contributed by atoms with van der Waals surface area (Å²) in [4.78, 5) is 0. The highest BCUT2D eigenvalue weighted by Crippen LogP contribution is 2.43. The Balaban J connectivity index is 1.34. The average molecular weight is 591 g/mol. The van der Waals surface area contributed by atoms with Crippen LogP contribution in [0.4, 0.5) is 0 Å². The van der Waals surface area contributed by atoms with Crippen molar-refractivity contribution >= 4 is 75.1 Å². The second-order valence-corrected chi connectivity index (χ2v) is 12.9. The fourth-order valence-electron chi connectivity index (χ4n) is 7.28. The SMILES string of the molecule is c1ccc(-c2cccc(-n3c4ccccc4c4cc5c6cc7c(cc6n(-c6ccccc6)c5cc43)sc3ccccc37)c2)cc1. The average Bonchev–Trinajstić information content (AvgIpc) is 3.74. The predicted octanol–water partition coefficient (Wildman–Crippen LogP) is 11.9. The Morgan fingerprint density at radius 3 is 1.71 bits per heavy atom. The normalized spacial score (nSPS) is 12.0. The van der Waals surface area contributed by atoms with Gasteiger partial charge in [-0.25, -0.2) is 0 Å². The second-order valence-electron chi connectivity index (χ2n) is 11.8. The van der Waals surface area contributed by atoms with Crippen LogP contribution >= 0.6 is 11.3 Å². The highest BCUT2D eigenvalue weighted by Gasteiger charge is 2.20. The first kappa shape index (κ1) is 24.8. The summed E-state index contributed by atoms with van der Waals surface area (Å²) in [6, 6.07) is 57.7. The smallest absolute Gasteiger partial charge is 0.0562 e. The number of hydrogen-bond donors (Lipinski definition) is 0. The van der Waals surface area contributed by atoms with Crippen molar-refractivity contribution < 1.29 is 0 Å². The first-order valence-electron chi connectivity index (χ1n) is 15.4. The molecule has 0 aliphatic rings. The maximum absolute atomic E-state index is 2.45. The molecule has 210 valence electrons. The molecule has 0 fully saturated rings. The summed E-state index contributed by atoms with van der Waals surface area (Å²) in [5.41, 5.74) is 9.65. The second kappa shape index (κ2) is 9.43. The van der Waals surface area contributed by atoms with Crippen molar-refractivity contribution in [1.82, 2.24) is 9.13 Å². The van der Waals surface area contributed by atoms with Crippen molar-refractivity contribution in [3.63, 3.8) is 0 Å². The number of nitrogens with zero attached hydrogens (tertiary/aromatic N) is 2. The van der Waals surface area contributed by atoms with E-state index in [9.17, 15) is 0 Å². The fraction of sp³-hybridized carbons (Fsp3) is 0. The van der Waals surface area contributed by atoms with E-state index >= 15 is 0 Å². The minimum atomic E-state index is 1.16. The van der Waals surface area contributed by atoms with Gasteiger partial charge in [-0.2, -0.15) is 0 Å². The Morgan fingerprint density at radius 2 is 0.889 bits per heavy atom. The Morgan fingerprint density at radius 1 is 0.311 bits per heavy atom. The van der Waals surface area contributed by atoms with E-state index in [1.807, 2.05) is 11.3 Å². The van der Waals surface area contributed by atoms with Crippen LogP contribution in [0.5, 0.6) is 0 Å². The number of benzene rings is 7. The summed E-state index contributed by atoms with van der Waals surface area (Å²) in [5, 5.41) is 7.76. The molecule has 2 nitrogen and oxygen atoms in total. The van der Waals surface area contributed by atoms with Crippen LogP contribution < -0.4 is 0 Å². The van der Waals surface area contributed by atoms with Crippen molar-refractivity contribution in [2.24, 2.45) is 0 Å². The van der Waals surface area contributed by atoms with Gasteiger partial charge in [-0.05, 0) is 71.8 Å². The summed E-state index contributed by atoms with van der Waals surface area (Å²) in [5.74, 6) is 0. The summed E-state index contributed by atoms with van der Waals surface area (Å²) >= 11 is 1.88. The summed E-state index contributed by atoms with van der Waals surface area (Å²) in [7, 11) is 0. The number of hydrogen-bond acceptors (Lipinski definition) is 1. The van der Waals surface area contributed by atoms with Crippen LogP contribution in [0.15, 0.2) is 158 Å². The van der Waals surface area contributed by atoms with E-state index in [0.29, 0.717) is 0 Å². The van der Waals surface area contributed by atoms with Gasteiger partial charge in [0.25, 0.3) is 0 Å². The Kier molecular flexibility index (Phi) is 5.19. The zero-order valence-electron chi connectivity index (χ0n) is 24.3. The lowest BCUT2D eigenvalue weighted by atomic mass is 10.1. The Labute approximate surface area is 263 Å². The van der Waals surface area contributed by atoms with Gasteiger partial charge in [0.1, 0.15) is 0 Å². The molecule has 0 aliphatic heterocycles. The molecule has 0 saturated heterocycles. The van der Waals surface area contributed by atoms with Crippen LogP contribution in [0.2, 0.25) is 0 Å². The maximum Gasteiger partial charge on any atom is 0.0562 e. The van der Waals surface area contributed by atoms with Crippen molar-refractivity contribution in [3.05, 3.63) is 158 Å². The molecule has 0 radical (unpaired) electrons. The summed E-state index contributed by atoms with van der Waals surface area (Å²) in [6.45, 7) is 0. The quantitative estimate of drug-likeness (QED) is 0.194. The number of para-hydroxylation sites is 2. The molecule has 0 N–H and O–H groups in total. The third-order valence-electron chi connectivity index (χ3n) is 9.28. The highest BCUT2D eigenvalue weighted by molar-refractivity contribution is 7.25. The van der Waals surface area contributed by atoms with E-state index in [0.717, 1.165) is 5.69 Å². The maximum atomic E-state index is 2.45. The van der Waals surface area contributed by atoms with Crippen molar-refractivity contribution in [1.29, 1.82) is 0 Å². The van der Waals surface area contributed by atoms with Crippen molar-refractivity contribution in [3.8, 4) is 22.5 Å². The summed E-state index contributed by atoms with van der Waals surface area (Å²) in [6.07, 6.45) is 0. The molecule has 0 atom stereocenters. The van der Waals surface area contributed by atoms with Gasteiger partial charge >= 0.3 is 0 Å². The van der Waals surface area contributed by atoms with E-state index in [2.05, 4.69) is 167 Å². The number of thiophene rings is 1. The van der Waals surface area contributed by atoms with Gasteiger partial charge < -0.3 is 9.13 Å². The first-order valence-corrected chi connectivity index (χ1v) is 16.2. The molecule has 0 amide bonds. The van der Waals surface area contributed by atoms with Gasteiger partial charge in [0, 0.05) is 53.1 Å². The molecule has 3 heterocycles. The van der Waals surface area contributed by atoms with Gasteiger partial charge in [-0.15, -0.1) is 11.3 Å². The molecule has 0 bridgehead atoms. The molecule has 3 aromatic heterocycles. The van der Waals surface area contributed by atoms with Gasteiger partial charge in [-0.3, -0.25) is 0 Å². The molecule has 10 aromatic rings. The lowest BCUT2D eigenvalue weighted by molar-refractivity contribution is 1.17. The number of rotatable bonds is 3. The zero-order valence-corrected chi connectivity index (χ0v) is 25.1. The standard InChI is InChI=1S/C42H26N2S/c1-3-12-27(13-4-1)28-14-11-17-30(22-28)44-37-20-9-7-18-31(37)33-23-34-35-24-36-32-19-8-10-21-41(32)45-42(36)26-40(35)43(39(34)25-38(33)44)29-15-5-2-6-16-29/h1-26H. The molecule has 45 heavy (non-hydrogen) atoms. The van der Waals surface area contributed by atoms with E-state index < -0.39 is 0 Å². The molecule has 10 rings (SSSR count). The van der Waals surface area contributed by atoms with Crippen LogP contribution in [0.3, 0.4) is 0 Å². The molecular weight excluding hydrogens is 565 g/mol. The lowest BCUT2D eigenvalue weighted by Crippen LogP contribution is -1.96. The molecule has 0 aliphatic carbocycles. The molecule has 0 spiro atoms. The molecule has 0 saturated carbocycles. The zero-order chi connectivity index (χ0) is 29.5. The summed E-state index contributed by atoms with van der Waals surface area (Å²) < 4.78 is 7.55. The molecule has 7 aromatic carbocycles. The minimum absolute atomic E-state index is 1.16. The largest absolute Gasteiger partial charge is 0.309 e. The van der Waals surface area contributed by atoms with Crippen molar-refractivity contribution in [2.45, 2.75) is 0 Å². The topological polar surface area (TPSA) is 9.86 Å². The molecule has 0 unspecified atom stereocenters. The number of aromatic nitrogens is 2. The van der Waals surface area contributed by atoms with Crippen molar-refractivity contribution in [2.75, 3.05) is 0 Å². The highest BCUT2D eigenvalue weighted by atomic mass is 32.1. The van der Waals surface area contributed by atoms with Crippen LogP contribution in [0.25, 0.3) is 86.3 Å². The molecular formula is C42H26N2S. The lowest BCUT2D eigenvalue weighted by Gasteiger charge is -2.11. The number of fused-ring (bicyclic) bond motifs is 9. The molecule has 3 heteroatoms. The van der Waals surface area contributed by atoms with Crippen LogP contribution in [-0.4, -0.2) is 9.13 Å². The predicted molar refractivity (Wildman–Crippen MR) is 193 cm³/mol. The van der Waals surface area contributed by atoms with Gasteiger partial charge in [0.15, 0.2) is 0 Å². The van der Waals surface area contributed by atoms with E-state index in [1.54, 1.807) is 0 Å². The first-order chi connectivity index (χ1) is 22.3. The minimum Gasteiger partial charge on any atom is -0.309 e. The van der Waals surface area contributed by atoms with E-state index in [4.69, 9.17) is 0 Å². The van der Waals surface area contributed by atoms with Crippen LogP contribution in [-0.2, 0) is 0 Å².